The van der Waals surface area contributed by atoms with Gasteiger partial charge < -0.3 is 14.6 Å². The van der Waals surface area contributed by atoms with Gasteiger partial charge >= 0.3 is 0 Å². The fourth-order valence-electron chi connectivity index (χ4n) is 2.18. The lowest BCUT2D eigenvalue weighted by Gasteiger charge is -2.28. The lowest BCUT2D eigenvalue weighted by atomic mass is 10.2. The van der Waals surface area contributed by atoms with Gasteiger partial charge in [-0.05, 0) is 24.1 Å². The van der Waals surface area contributed by atoms with E-state index in [2.05, 4.69) is 17.9 Å². The predicted molar refractivity (Wildman–Crippen MR) is 74.6 cm³/mol. The van der Waals surface area contributed by atoms with Gasteiger partial charge in [0.2, 0.25) is 0 Å². The first-order valence-corrected chi connectivity index (χ1v) is 6.98. The van der Waals surface area contributed by atoms with Crippen LogP contribution in [0.5, 0.6) is 5.75 Å². The van der Waals surface area contributed by atoms with Crippen LogP contribution < -0.4 is 4.74 Å². The molecule has 106 valence electrons. The number of aliphatic hydroxyl groups excluding tert-OH is 1. The normalized spacial score (nSPS) is 18.2. The molecule has 19 heavy (non-hydrogen) atoms. The Labute approximate surface area is 114 Å². The summed E-state index contributed by atoms with van der Waals surface area (Å²) >= 11 is 0. The molecular formula is C15H23NO3. The molecule has 1 aliphatic heterocycles. The molecule has 0 aliphatic carbocycles. The molecule has 1 heterocycles. The third-order valence-corrected chi connectivity index (χ3v) is 3.32. The third kappa shape index (κ3) is 4.82. The number of β-amino-alcohol motifs (C(OH)–C–C–N with tert-alkyl or cyclic N) is 1. The van der Waals surface area contributed by atoms with Crippen LogP contribution in [0.15, 0.2) is 24.3 Å². The molecule has 1 fully saturated rings. The van der Waals surface area contributed by atoms with Crippen LogP contribution in [0.2, 0.25) is 0 Å². The zero-order valence-electron chi connectivity index (χ0n) is 11.5. The van der Waals surface area contributed by atoms with E-state index in [-0.39, 0.29) is 0 Å². The molecule has 1 aromatic rings. The fraction of sp³-hybridized carbons (Fsp3) is 0.600. The van der Waals surface area contributed by atoms with Gasteiger partial charge in [0.15, 0.2) is 0 Å². The zero-order chi connectivity index (χ0) is 13.5. The van der Waals surface area contributed by atoms with Gasteiger partial charge in [0.25, 0.3) is 0 Å². The van der Waals surface area contributed by atoms with E-state index < -0.39 is 6.10 Å². The molecule has 1 N–H and O–H groups in total. The van der Waals surface area contributed by atoms with Crippen molar-refractivity contribution in [1.82, 2.24) is 4.90 Å². The van der Waals surface area contributed by atoms with E-state index in [0.29, 0.717) is 13.2 Å². The van der Waals surface area contributed by atoms with Crippen molar-refractivity contribution in [3.05, 3.63) is 29.8 Å². The van der Waals surface area contributed by atoms with Gasteiger partial charge in [-0.3, -0.25) is 4.90 Å². The van der Waals surface area contributed by atoms with Crippen LogP contribution in [-0.2, 0) is 11.2 Å². The number of hydrogen-bond acceptors (Lipinski definition) is 4. The lowest BCUT2D eigenvalue weighted by molar-refractivity contribution is 0.00465. The van der Waals surface area contributed by atoms with Crippen LogP contribution in [-0.4, -0.2) is 55.6 Å². The molecule has 1 atom stereocenters. The highest BCUT2D eigenvalue weighted by molar-refractivity contribution is 5.28. The Bertz CT molecular complexity index is 377. The van der Waals surface area contributed by atoms with Crippen molar-refractivity contribution in [3.63, 3.8) is 0 Å². The van der Waals surface area contributed by atoms with Gasteiger partial charge in [0.05, 0.1) is 13.2 Å². The molecule has 1 aliphatic rings. The highest BCUT2D eigenvalue weighted by atomic mass is 16.5. The topological polar surface area (TPSA) is 41.9 Å². The quantitative estimate of drug-likeness (QED) is 0.842. The summed E-state index contributed by atoms with van der Waals surface area (Å²) in [5, 5.41) is 9.98. The van der Waals surface area contributed by atoms with Crippen LogP contribution in [0.1, 0.15) is 12.5 Å². The molecule has 0 amide bonds. The summed E-state index contributed by atoms with van der Waals surface area (Å²) in [4.78, 5) is 2.21. The summed E-state index contributed by atoms with van der Waals surface area (Å²) in [5.74, 6) is 0.834. The molecule has 1 saturated heterocycles. The van der Waals surface area contributed by atoms with Gasteiger partial charge in [-0.25, -0.2) is 0 Å². The number of nitrogens with zero attached hydrogens (tertiary/aromatic N) is 1. The van der Waals surface area contributed by atoms with E-state index in [9.17, 15) is 5.11 Å². The maximum absolute atomic E-state index is 9.98. The Balaban J connectivity index is 1.74. The summed E-state index contributed by atoms with van der Waals surface area (Å²) in [6, 6.07) is 8.03. The van der Waals surface area contributed by atoms with E-state index >= 15 is 0 Å². The Kier molecular flexibility index (Phi) is 5.63. The summed E-state index contributed by atoms with van der Waals surface area (Å²) in [6.45, 7) is 6.40. The summed E-state index contributed by atoms with van der Waals surface area (Å²) < 4.78 is 10.9. The molecule has 0 bridgehead atoms. The van der Waals surface area contributed by atoms with Gasteiger partial charge in [-0.1, -0.05) is 19.1 Å². The lowest BCUT2D eigenvalue weighted by Crippen LogP contribution is -2.42. The van der Waals surface area contributed by atoms with Gasteiger partial charge in [0.1, 0.15) is 18.5 Å². The van der Waals surface area contributed by atoms with E-state index in [1.807, 2.05) is 18.2 Å². The second-order valence-electron chi connectivity index (χ2n) is 4.88. The van der Waals surface area contributed by atoms with Crippen molar-refractivity contribution in [2.24, 2.45) is 0 Å². The Morgan fingerprint density at radius 2 is 2.16 bits per heavy atom. The monoisotopic (exact) mass is 265 g/mol. The number of aliphatic hydroxyl groups is 1. The Hall–Kier alpha value is -1.10. The second-order valence-corrected chi connectivity index (χ2v) is 4.88. The molecule has 2 rings (SSSR count). The fourth-order valence-corrected chi connectivity index (χ4v) is 2.18. The van der Waals surface area contributed by atoms with Crippen molar-refractivity contribution in [3.8, 4) is 5.75 Å². The first kappa shape index (κ1) is 14.3. The van der Waals surface area contributed by atoms with E-state index in [1.165, 1.54) is 5.56 Å². The SMILES string of the molecule is CCc1cccc(OCC(O)CN2CCOCC2)c1. The van der Waals surface area contributed by atoms with Crippen molar-refractivity contribution in [1.29, 1.82) is 0 Å². The molecule has 1 aromatic carbocycles. The van der Waals surface area contributed by atoms with E-state index in [0.717, 1.165) is 38.5 Å². The van der Waals surface area contributed by atoms with Gasteiger partial charge in [-0.15, -0.1) is 0 Å². The first-order valence-electron chi connectivity index (χ1n) is 6.98. The Morgan fingerprint density at radius 1 is 1.37 bits per heavy atom. The van der Waals surface area contributed by atoms with Crippen molar-refractivity contribution >= 4 is 0 Å². The smallest absolute Gasteiger partial charge is 0.119 e. The average molecular weight is 265 g/mol. The largest absolute Gasteiger partial charge is 0.491 e. The summed E-state index contributed by atoms with van der Waals surface area (Å²) in [5.41, 5.74) is 1.25. The third-order valence-electron chi connectivity index (χ3n) is 3.32. The van der Waals surface area contributed by atoms with Crippen molar-refractivity contribution in [2.45, 2.75) is 19.4 Å². The molecule has 0 radical (unpaired) electrons. The minimum atomic E-state index is -0.455. The maximum atomic E-state index is 9.98. The number of rotatable bonds is 6. The van der Waals surface area contributed by atoms with Crippen LogP contribution in [0.3, 0.4) is 0 Å². The van der Waals surface area contributed by atoms with Crippen molar-refractivity contribution < 1.29 is 14.6 Å². The highest BCUT2D eigenvalue weighted by Gasteiger charge is 2.15. The summed E-state index contributed by atoms with van der Waals surface area (Å²) in [6.07, 6.45) is 0.538. The van der Waals surface area contributed by atoms with Crippen molar-refractivity contribution in [2.75, 3.05) is 39.5 Å². The maximum Gasteiger partial charge on any atom is 0.119 e. The van der Waals surface area contributed by atoms with Gasteiger partial charge in [0, 0.05) is 19.6 Å². The van der Waals surface area contributed by atoms with E-state index in [1.54, 1.807) is 0 Å². The number of aryl methyl sites for hydroxylation is 1. The molecule has 0 spiro atoms. The first-order chi connectivity index (χ1) is 9.28. The van der Waals surface area contributed by atoms with Crippen LogP contribution >= 0.6 is 0 Å². The highest BCUT2D eigenvalue weighted by Crippen LogP contribution is 2.14. The van der Waals surface area contributed by atoms with Crippen LogP contribution in [0, 0.1) is 0 Å². The molecule has 4 nitrogen and oxygen atoms in total. The standard InChI is InChI=1S/C15H23NO3/c1-2-13-4-3-5-15(10-13)19-12-14(17)11-16-6-8-18-9-7-16/h3-5,10,14,17H,2,6-9,11-12H2,1H3. The number of ether oxygens (including phenoxy) is 2. The van der Waals surface area contributed by atoms with E-state index in [4.69, 9.17) is 9.47 Å². The predicted octanol–water partition coefficient (Wildman–Crippen LogP) is 1.32. The zero-order valence-corrected chi connectivity index (χ0v) is 11.5. The molecule has 0 saturated carbocycles. The second kappa shape index (κ2) is 7.48. The number of benzene rings is 1. The van der Waals surface area contributed by atoms with Crippen LogP contribution in [0.4, 0.5) is 0 Å². The van der Waals surface area contributed by atoms with Gasteiger partial charge in [-0.2, -0.15) is 0 Å². The minimum absolute atomic E-state index is 0.338. The average Bonchev–Trinajstić information content (AvgIpc) is 2.46. The summed E-state index contributed by atoms with van der Waals surface area (Å²) in [7, 11) is 0. The van der Waals surface area contributed by atoms with Crippen LogP contribution in [0.25, 0.3) is 0 Å². The number of hydrogen-bond donors (Lipinski definition) is 1. The minimum Gasteiger partial charge on any atom is -0.491 e. The molecule has 1 unspecified atom stereocenters. The Morgan fingerprint density at radius 3 is 2.89 bits per heavy atom. The molecule has 4 heteroatoms. The molecular weight excluding hydrogens is 242 g/mol. The number of morpholine rings is 1. The molecule has 0 aromatic heterocycles.